The van der Waals surface area contributed by atoms with Crippen LogP contribution in [0.2, 0.25) is 0 Å². The molecule has 2 heterocycles. The topological polar surface area (TPSA) is 43.6 Å². The number of hydrogen-bond acceptors (Lipinski definition) is 3. The Morgan fingerprint density at radius 3 is 2.76 bits per heavy atom. The molecule has 2 aromatic rings. The molecular formula is C13H13NO3. The fraction of sp³-hybridized carbons (Fsp3) is 0.231. The van der Waals surface area contributed by atoms with Gasteiger partial charge in [-0.25, -0.2) is 0 Å². The molecule has 1 unspecified atom stereocenters. The maximum Gasteiger partial charge on any atom is 0.231 e. The van der Waals surface area contributed by atoms with Gasteiger partial charge in [0, 0.05) is 7.05 Å². The minimum atomic E-state index is -0.702. The summed E-state index contributed by atoms with van der Waals surface area (Å²) < 4.78 is 12.5. The van der Waals surface area contributed by atoms with E-state index in [1.807, 2.05) is 48.1 Å². The first-order valence-corrected chi connectivity index (χ1v) is 5.45. The minimum Gasteiger partial charge on any atom is -0.452 e. The average molecular weight is 231 g/mol. The van der Waals surface area contributed by atoms with Gasteiger partial charge in [0.15, 0.2) is 11.5 Å². The molecule has 0 saturated heterocycles. The van der Waals surface area contributed by atoms with Crippen molar-refractivity contribution in [3.05, 3.63) is 47.8 Å². The number of aliphatic hydroxyl groups is 1. The van der Waals surface area contributed by atoms with Crippen molar-refractivity contribution in [2.45, 2.75) is 6.10 Å². The summed E-state index contributed by atoms with van der Waals surface area (Å²) in [7, 11) is 1.87. The quantitative estimate of drug-likeness (QED) is 0.857. The predicted molar refractivity (Wildman–Crippen MR) is 62.0 cm³/mol. The van der Waals surface area contributed by atoms with Crippen LogP contribution in [0.5, 0.6) is 11.5 Å². The Morgan fingerprint density at radius 2 is 2.00 bits per heavy atom. The molecule has 1 aliphatic rings. The molecule has 4 heteroatoms. The van der Waals surface area contributed by atoms with Crippen molar-refractivity contribution in [1.29, 1.82) is 0 Å². The van der Waals surface area contributed by atoms with E-state index >= 15 is 0 Å². The summed E-state index contributed by atoms with van der Waals surface area (Å²) in [6, 6.07) is 9.50. The van der Waals surface area contributed by atoms with Crippen molar-refractivity contribution in [2.75, 3.05) is 6.79 Å². The number of aromatic nitrogens is 1. The summed E-state index contributed by atoms with van der Waals surface area (Å²) in [6.07, 6.45) is 1.12. The highest BCUT2D eigenvalue weighted by Crippen LogP contribution is 2.41. The molecule has 88 valence electrons. The second-order valence-corrected chi connectivity index (χ2v) is 4.04. The fourth-order valence-corrected chi connectivity index (χ4v) is 2.10. The maximum absolute atomic E-state index is 10.4. The van der Waals surface area contributed by atoms with Gasteiger partial charge >= 0.3 is 0 Å². The van der Waals surface area contributed by atoms with Crippen LogP contribution in [0.15, 0.2) is 36.5 Å². The Morgan fingerprint density at radius 1 is 1.24 bits per heavy atom. The van der Waals surface area contributed by atoms with Crippen LogP contribution in [0.3, 0.4) is 0 Å². The van der Waals surface area contributed by atoms with Crippen molar-refractivity contribution in [3.63, 3.8) is 0 Å². The summed E-state index contributed by atoms with van der Waals surface area (Å²) in [5.74, 6) is 1.33. The van der Waals surface area contributed by atoms with Gasteiger partial charge in [-0.3, -0.25) is 0 Å². The van der Waals surface area contributed by atoms with Crippen LogP contribution in [0.4, 0.5) is 0 Å². The lowest BCUT2D eigenvalue weighted by Crippen LogP contribution is -2.08. The largest absolute Gasteiger partial charge is 0.452 e. The highest BCUT2D eigenvalue weighted by atomic mass is 16.7. The normalized spacial score (nSPS) is 14.9. The van der Waals surface area contributed by atoms with Crippen LogP contribution in [-0.4, -0.2) is 16.5 Å². The molecule has 0 radical (unpaired) electrons. The molecule has 1 N–H and O–H groups in total. The van der Waals surface area contributed by atoms with E-state index in [1.54, 1.807) is 0 Å². The first kappa shape index (κ1) is 10.2. The number of hydrogen-bond donors (Lipinski definition) is 1. The van der Waals surface area contributed by atoms with E-state index in [0.717, 1.165) is 11.3 Å². The zero-order valence-electron chi connectivity index (χ0n) is 9.46. The summed E-state index contributed by atoms with van der Waals surface area (Å²) in [5, 5.41) is 10.4. The number of rotatable bonds is 2. The van der Waals surface area contributed by atoms with Crippen molar-refractivity contribution in [2.24, 2.45) is 7.05 Å². The van der Waals surface area contributed by atoms with E-state index in [2.05, 4.69) is 0 Å². The third-order valence-electron chi connectivity index (χ3n) is 2.94. The zero-order chi connectivity index (χ0) is 11.8. The summed E-state index contributed by atoms with van der Waals surface area (Å²) >= 11 is 0. The van der Waals surface area contributed by atoms with Crippen LogP contribution in [0.1, 0.15) is 17.4 Å². The lowest BCUT2D eigenvalue weighted by molar-refractivity contribution is 0.160. The Kier molecular flexibility index (Phi) is 2.30. The fourth-order valence-electron chi connectivity index (χ4n) is 2.10. The van der Waals surface area contributed by atoms with Gasteiger partial charge in [-0.15, -0.1) is 0 Å². The van der Waals surface area contributed by atoms with E-state index in [9.17, 15) is 5.11 Å². The van der Waals surface area contributed by atoms with Crippen molar-refractivity contribution in [3.8, 4) is 11.5 Å². The number of benzene rings is 1. The molecule has 4 nitrogen and oxygen atoms in total. The Labute approximate surface area is 99.0 Å². The van der Waals surface area contributed by atoms with Gasteiger partial charge in [-0.05, 0) is 5.56 Å². The molecule has 0 fully saturated rings. The van der Waals surface area contributed by atoms with E-state index < -0.39 is 6.10 Å². The molecule has 0 saturated carbocycles. The van der Waals surface area contributed by atoms with Crippen LogP contribution >= 0.6 is 0 Å². The lowest BCUT2D eigenvalue weighted by atomic mass is 10.1. The van der Waals surface area contributed by atoms with Crippen molar-refractivity contribution < 1.29 is 14.6 Å². The first-order chi connectivity index (χ1) is 8.27. The molecule has 0 spiro atoms. The highest BCUT2D eigenvalue weighted by Gasteiger charge is 2.27. The molecule has 1 aromatic carbocycles. The minimum absolute atomic E-state index is 0.222. The van der Waals surface area contributed by atoms with Gasteiger partial charge in [0.1, 0.15) is 6.10 Å². The van der Waals surface area contributed by atoms with Gasteiger partial charge in [0.05, 0.1) is 11.9 Å². The monoisotopic (exact) mass is 231 g/mol. The van der Waals surface area contributed by atoms with Crippen molar-refractivity contribution >= 4 is 0 Å². The third kappa shape index (κ3) is 1.57. The summed E-state index contributed by atoms with van der Waals surface area (Å²) in [6.45, 7) is 0.222. The molecule has 1 atom stereocenters. The van der Waals surface area contributed by atoms with E-state index in [4.69, 9.17) is 9.47 Å². The highest BCUT2D eigenvalue weighted by molar-refractivity contribution is 5.49. The van der Waals surface area contributed by atoms with Gasteiger partial charge in [-0.1, -0.05) is 30.3 Å². The SMILES string of the molecule is Cn1cc2c(c1C(O)c1ccccc1)OCO2. The number of fused-ring (bicyclic) bond motifs is 1. The molecule has 17 heavy (non-hydrogen) atoms. The molecule has 0 bridgehead atoms. The number of aliphatic hydroxyl groups excluding tert-OH is 1. The standard InChI is InChI=1S/C13H13NO3/c1-14-7-10-13(17-8-16-10)11(14)12(15)9-5-3-2-4-6-9/h2-7,12,15H,8H2,1H3. The molecule has 0 amide bonds. The maximum atomic E-state index is 10.4. The number of ether oxygens (including phenoxy) is 2. The first-order valence-electron chi connectivity index (χ1n) is 5.45. The van der Waals surface area contributed by atoms with Crippen LogP contribution in [0, 0.1) is 0 Å². The second kappa shape index (κ2) is 3.82. The molecule has 1 aliphatic heterocycles. The molecule has 1 aromatic heterocycles. The molecule has 3 rings (SSSR count). The van der Waals surface area contributed by atoms with Gasteiger partial charge < -0.3 is 19.1 Å². The van der Waals surface area contributed by atoms with Crippen molar-refractivity contribution in [1.82, 2.24) is 4.57 Å². The Bertz CT molecular complexity index is 533. The van der Waals surface area contributed by atoms with Crippen LogP contribution in [0.25, 0.3) is 0 Å². The Hall–Kier alpha value is -1.94. The van der Waals surface area contributed by atoms with E-state index in [1.165, 1.54) is 0 Å². The molecule has 0 aliphatic carbocycles. The van der Waals surface area contributed by atoms with Crippen LogP contribution < -0.4 is 9.47 Å². The zero-order valence-corrected chi connectivity index (χ0v) is 9.46. The van der Waals surface area contributed by atoms with E-state index in [-0.39, 0.29) is 6.79 Å². The average Bonchev–Trinajstić information content (AvgIpc) is 2.89. The van der Waals surface area contributed by atoms with Gasteiger partial charge in [-0.2, -0.15) is 0 Å². The number of aryl methyl sites for hydroxylation is 1. The van der Waals surface area contributed by atoms with Gasteiger partial charge in [0.25, 0.3) is 0 Å². The van der Waals surface area contributed by atoms with Crippen LogP contribution in [-0.2, 0) is 7.05 Å². The predicted octanol–water partition coefficient (Wildman–Crippen LogP) is 1.84. The van der Waals surface area contributed by atoms with Gasteiger partial charge in [0.2, 0.25) is 6.79 Å². The van der Waals surface area contributed by atoms with E-state index in [0.29, 0.717) is 11.5 Å². The summed E-state index contributed by atoms with van der Waals surface area (Å²) in [5.41, 5.74) is 1.57. The Balaban J connectivity index is 2.05. The lowest BCUT2D eigenvalue weighted by Gasteiger charge is -2.13. The second-order valence-electron chi connectivity index (χ2n) is 4.04. The number of nitrogens with zero attached hydrogens (tertiary/aromatic N) is 1. The third-order valence-corrected chi connectivity index (χ3v) is 2.94. The summed E-state index contributed by atoms with van der Waals surface area (Å²) in [4.78, 5) is 0. The smallest absolute Gasteiger partial charge is 0.231 e. The molecular weight excluding hydrogens is 218 g/mol.